The first kappa shape index (κ1) is 15.4. The van der Waals surface area contributed by atoms with E-state index in [2.05, 4.69) is 5.32 Å². The van der Waals surface area contributed by atoms with E-state index in [4.69, 9.17) is 0 Å². The van der Waals surface area contributed by atoms with Gasteiger partial charge >= 0.3 is 0 Å². The molecule has 3 nitrogen and oxygen atoms in total. The van der Waals surface area contributed by atoms with Crippen LogP contribution in [-0.2, 0) is 11.2 Å². The van der Waals surface area contributed by atoms with E-state index < -0.39 is 0 Å². The lowest BCUT2D eigenvalue weighted by Crippen LogP contribution is -2.40. The quantitative estimate of drug-likeness (QED) is 0.845. The average molecular weight is 293 g/mol. The number of amides is 1. The molecule has 1 aromatic carbocycles. The summed E-state index contributed by atoms with van der Waals surface area (Å²) in [7, 11) is 0. The van der Waals surface area contributed by atoms with E-state index in [1.54, 1.807) is 0 Å². The van der Waals surface area contributed by atoms with Crippen molar-refractivity contribution in [2.45, 2.75) is 31.7 Å². The number of thioether (sulfide) groups is 1. The molecule has 1 fully saturated rings. The molecule has 4 heteroatoms. The van der Waals surface area contributed by atoms with E-state index >= 15 is 0 Å². The van der Waals surface area contributed by atoms with Crippen molar-refractivity contribution in [3.8, 4) is 0 Å². The molecule has 0 spiro atoms. The van der Waals surface area contributed by atoms with Crippen LogP contribution in [0.2, 0.25) is 0 Å². The second-order valence-corrected chi connectivity index (χ2v) is 6.62. The lowest BCUT2D eigenvalue weighted by atomic mass is 9.98. The standard InChI is InChI=1S/C16H23NO2S/c18-12-15(10-13-4-2-1-3-5-13)17-16(19)11-14-6-8-20-9-7-14/h1-5,14-15,18H,6-12H2,(H,17,19)/t15-/m1/s1. The zero-order valence-corrected chi connectivity index (χ0v) is 12.6. The molecule has 2 N–H and O–H groups in total. The molecule has 0 unspecified atom stereocenters. The van der Waals surface area contributed by atoms with Crippen LogP contribution >= 0.6 is 11.8 Å². The van der Waals surface area contributed by atoms with E-state index in [9.17, 15) is 9.90 Å². The molecular weight excluding hydrogens is 270 g/mol. The van der Waals surface area contributed by atoms with Gasteiger partial charge in [0.25, 0.3) is 0 Å². The Morgan fingerprint density at radius 3 is 2.65 bits per heavy atom. The largest absolute Gasteiger partial charge is 0.394 e. The Hall–Kier alpha value is -1.00. The van der Waals surface area contributed by atoms with Crippen molar-refractivity contribution in [3.05, 3.63) is 35.9 Å². The maximum Gasteiger partial charge on any atom is 0.220 e. The number of nitrogens with one attached hydrogen (secondary N) is 1. The van der Waals surface area contributed by atoms with Gasteiger partial charge in [0.2, 0.25) is 5.91 Å². The van der Waals surface area contributed by atoms with Crippen LogP contribution in [0.5, 0.6) is 0 Å². The highest BCUT2D eigenvalue weighted by Crippen LogP contribution is 2.25. The molecule has 110 valence electrons. The van der Waals surface area contributed by atoms with Crippen LogP contribution in [0.15, 0.2) is 30.3 Å². The molecule has 0 aromatic heterocycles. The molecule has 20 heavy (non-hydrogen) atoms. The third-order valence-corrected chi connectivity index (χ3v) is 4.77. The minimum Gasteiger partial charge on any atom is -0.394 e. The van der Waals surface area contributed by atoms with Crippen molar-refractivity contribution in [1.82, 2.24) is 5.32 Å². The fourth-order valence-electron chi connectivity index (χ4n) is 2.56. The number of rotatable bonds is 6. The summed E-state index contributed by atoms with van der Waals surface area (Å²) in [6.45, 7) is -0.0127. The number of aliphatic hydroxyl groups excluding tert-OH is 1. The monoisotopic (exact) mass is 293 g/mol. The van der Waals surface area contributed by atoms with Crippen molar-refractivity contribution >= 4 is 17.7 Å². The Labute approximate surface area is 125 Å². The Bertz CT molecular complexity index is 404. The number of aliphatic hydroxyl groups is 1. The molecule has 1 aliphatic heterocycles. The number of carbonyl (C=O) groups is 1. The van der Waals surface area contributed by atoms with Crippen LogP contribution in [-0.4, -0.2) is 35.2 Å². The van der Waals surface area contributed by atoms with Crippen LogP contribution in [0, 0.1) is 5.92 Å². The van der Waals surface area contributed by atoms with Crippen molar-refractivity contribution in [1.29, 1.82) is 0 Å². The van der Waals surface area contributed by atoms with E-state index in [-0.39, 0.29) is 18.6 Å². The zero-order valence-electron chi connectivity index (χ0n) is 11.8. The van der Waals surface area contributed by atoms with Crippen molar-refractivity contribution in [3.63, 3.8) is 0 Å². The predicted octanol–water partition coefficient (Wildman–Crippen LogP) is 2.24. The predicted molar refractivity (Wildman–Crippen MR) is 83.8 cm³/mol. The maximum atomic E-state index is 12.0. The third-order valence-electron chi connectivity index (χ3n) is 3.73. The van der Waals surface area contributed by atoms with Gasteiger partial charge in [-0.05, 0) is 42.2 Å². The number of benzene rings is 1. The lowest BCUT2D eigenvalue weighted by molar-refractivity contribution is -0.123. The van der Waals surface area contributed by atoms with Gasteiger partial charge in [-0.1, -0.05) is 30.3 Å². The molecule has 1 heterocycles. The first-order valence-electron chi connectivity index (χ1n) is 7.30. The molecule has 0 aliphatic carbocycles. The summed E-state index contributed by atoms with van der Waals surface area (Å²) in [5.74, 6) is 2.95. The molecule has 0 saturated carbocycles. The van der Waals surface area contributed by atoms with Crippen LogP contribution in [0.4, 0.5) is 0 Å². The second-order valence-electron chi connectivity index (χ2n) is 5.40. The van der Waals surface area contributed by atoms with E-state index in [1.807, 2.05) is 42.1 Å². The molecule has 1 aliphatic rings. The Kier molecular flexibility index (Phi) is 6.40. The van der Waals surface area contributed by atoms with Gasteiger partial charge < -0.3 is 10.4 Å². The molecule has 1 saturated heterocycles. The van der Waals surface area contributed by atoms with Crippen molar-refractivity contribution in [2.75, 3.05) is 18.1 Å². The molecule has 0 radical (unpaired) electrons. The molecule has 1 atom stereocenters. The molecule has 1 amide bonds. The Morgan fingerprint density at radius 2 is 2.00 bits per heavy atom. The highest BCUT2D eigenvalue weighted by Gasteiger charge is 2.19. The summed E-state index contributed by atoms with van der Waals surface area (Å²) in [5.41, 5.74) is 1.14. The molecule has 1 aromatic rings. The topological polar surface area (TPSA) is 49.3 Å². The lowest BCUT2D eigenvalue weighted by Gasteiger charge is -2.22. The van der Waals surface area contributed by atoms with Crippen molar-refractivity contribution in [2.24, 2.45) is 5.92 Å². The third kappa shape index (κ3) is 5.17. The van der Waals surface area contributed by atoms with Gasteiger partial charge in [0.15, 0.2) is 0 Å². The minimum absolute atomic E-state index is 0.0127. The minimum atomic E-state index is -0.178. The molecular formula is C16H23NO2S. The van der Waals surface area contributed by atoms with Crippen LogP contribution in [0.3, 0.4) is 0 Å². The van der Waals surface area contributed by atoms with Crippen LogP contribution < -0.4 is 5.32 Å². The Morgan fingerprint density at radius 1 is 1.30 bits per heavy atom. The number of carbonyl (C=O) groups excluding carboxylic acids is 1. The van der Waals surface area contributed by atoms with E-state index in [0.717, 1.165) is 18.4 Å². The first-order chi connectivity index (χ1) is 9.78. The van der Waals surface area contributed by atoms with E-state index in [0.29, 0.717) is 18.8 Å². The highest BCUT2D eigenvalue weighted by atomic mass is 32.2. The fraction of sp³-hybridized carbons (Fsp3) is 0.562. The van der Waals surface area contributed by atoms with Gasteiger partial charge in [0.05, 0.1) is 12.6 Å². The van der Waals surface area contributed by atoms with Crippen molar-refractivity contribution < 1.29 is 9.90 Å². The number of hydrogen-bond donors (Lipinski definition) is 2. The zero-order chi connectivity index (χ0) is 14.2. The normalized spacial score (nSPS) is 17.6. The first-order valence-corrected chi connectivity index (χ1v) is 8.45. The van der Waals surface area contributed by atoms with Gasteiger partial charge in [-0.25, -0.2) is 0 Å². The van der Waals surface area contributed by atoms with Gasteiger partial charge in [0.1, 0.15) is 0 Å². The van der Waals surface area contributed by atoms with Gasteiger partial charge in [-0.2, -0.15) is 11.8 Å². The van der Waals surface area contributed by atoms with E-state index in [1.165, 1.54) is 11.5 Å². The molecule has 0 bridgehead atoms. The summed E-state index contributed by atoms with van der Waals surface area (Å²) >= 11 is 1.97. The summed E-state index contributed by atoms with van der Waals surface area (Å²) in [5, 5.41) is 12.4. The summed E-state index contributed by atoms with van der Waals surface area (Å²) in [6, 6.07) is 9.79. The number of hydrogen-bond acceptors (Lipinski definition) is 3. The second kappa shape index (κ2) is 8.32. The fourth-order valence-corrected chi connectivity index (χ4v) is 3.76. The van der Waals surface area contributed by atoms with Crippen LogP contribution in [0.25, 0.3) is 0 Å². The maximum absolute atomic E-state index is 12.0. The van der Waals surface area contributed by atoms with Gasteiger partial charge in [-0.15, -0.1) is 0 Å². The SMILES string of the molecule is O=C(CC1CCSCC1)N[C@@H](CO)Cc1ccccc1. The van der Waals surface area contributed by atoms with Crippen LogP contribution in [0.1, 0.15) is 24.8 Å². The molecule has 2 rings (SSSR count). The van der Waals surface area contributed by atoms with Gasteiger partial charge in [-0.3, -0.25) is 4.79 Å². The average Bonchev–Trinajstić information content (AvgIpc) is 2.48. The smallest absolute Gasteiger partial charge is 0.220 e. The summed E-state index contributed by atoms with van der Waals surface area (Å²) in [4.78, 5) is 12.0. The highest BCUT2D eigenvalue weighted by molar-refractivity contribution is 7.99. The summed E-state index contributed by atoms with van der Waals surface area (Å²) in [6.07, 6.45) is 3.57. The van der Waals surface area contributed by atoms with Gasteiger partial charge in [0, 0.05) is 6.42 Å². The summed E-state index contributed by atoms with van der Waals surface area (Å²) < 4.78 is 0. The Balaban J connectivity index is 1.78.